The van der Waals surface area contributed by atoms with Crippen LogP contribution in [0.3, 0.4) is 0 Å². The van der Waals surface area contributed by atoms with E-state index in [0.717, 1.165) is 12.8 Å². The molecule has 8 nitrogen and oxygen atoms in total. The van der Waals surface area contributed by atoms with Crippen LogP contribution in [0, 0.1) is 5.82 Å². The Morgan fingerprint density at radius 1 is 1.09 bits per heavy atom. The third kappa shape index (κ3) is 4.50. The van der Waals surface area contributed by atoms with Gasteiger partial charge in [-0.3, -0.25) is 4.79 Å². The maximum Gasteiger partial charge on any atom is 0.251 e. The van der Waals surface area contributed by atoms with Gasteiger partial charge in [-0.2, -0.15) is 14.6 Å². The number of rotatable bonds is 5. The van der Waals surface area contributed by atoms with Gasteiger partial charge in [-0.05, 0) is 49.2 Å². The van der Waals surface area contributed by atoms with E-state index in [1.165, 1.54) is 16.6 Å². The van der Waals surface area contributed by atoms with Gasteiger partial charge in [-0.25, -0.2) is 9.37 Å². The molecule has 4 aromatic rings. The number of fused-ring (bicyclic) bond motifs is 1. The van der Waals surface area contributed by atoms with Crippen LogP contribution < -0.4 is 10.6 Å². The number of nitrogens with zero attached hydrogens (tertiary/aromatic N) is 4. The predicted octanol–water partition coefficient (Wildman–Crippen LogP) is 4.24. The van der Waals surface area contributed by atoms with Gasteiger partial charge in [0.15, 0.2) is 11.5 Å². The van der Waals surface area contributed by atoms with Gasteiger partial charge in [-0.1, -0.05) is 17.7 Å². The molecule has 0 spiro atoms. The fraction of sp³-hybridized carbons (Fsp3) is 0.217. The Morgan fingerprint density at radius 3 is 2.64 bits per heavy atom. The summed E-state index contributed by atoms with van der Waals surface area (Å²) >= 11 is 6.21. The molecule has 1 saturated heterocycles. The zero-order valence-corrected chi connectivity index (χ0v) is 18.2. The smallest absolute Gasteiger partial charge is 0.251 e. The molecule has 0 aliphatic carbocycles. The largest absolute Gasteiger partial charge is 0.381 e. The van der Waals surface area contributed by atoms with Gasteiger partial charge in [0.1, 0.15) is 5.82 Å². The summed E-state index contributed by atoms with van der Waals surface area (Å²) in [6.45, 7) is 1.32. The number of anilines is 2. The average Bonchev–Trinajstić information content (AvgIpc) is 3.29. The number of hydrogen-bond acceptors (Lipinski definition) is 6. The van der Waals surface area contributed by atoms with Crippen LogP contribution >= 0.6 is 11.6 Å². The normalized spacial score (nSPS) is 14.4. The van der Waals surface area contributed by atoms with Gasteiger partial charge in [0.25, 0.3) is 5.91 Å². The van der Waals surface area contributed by atoms with Crippen LogP contribution in [0.25, 0.3) is 17.0 Å². The van der Waals surface area contributed by atoms with Crippen LogP contribution in [0.4, 0.5) is 16.0 Å². The number of halogens is 2. The Kier molecular flexibility index (Phi) is 5.89. The van der Waals surface area contributed by atoms with Crippen molar-refractivity contribution >= 4 is 34.8 Å². The average molecular weight is 467 g/mol. The summed E-state index contributed by atoms with van der Waals surface area (Å²) in [4.78, 5) is 21.4. The lowest BCUT2D eigenvalue weighted by Crippen LogP contribution is -2.38. The van der Waals surface area contributed by atoms with Crippen molar-refractivity contribution in [2.45, 2.75) is 18.9 Å². The van der Waals surface area contributed by atoms with Crippen LogP contribution in [0.5, 0.6) is 0 Å². The Morgan fingerprint density at radius 2 is 1.88 bits per heavy atom. The van der Waals surface area contributed by atoms with Gasteiger partial charge >= 0.3 is 0 Å². The van der Waals surface area contributed by atoms with E-state index in [-0.39, 0.29) is 28.4 Å². The SMILES string of the molecule is O=C(NC1CCOCC1)c1ccc(Nc2nc(-c3c(F)cccc3Cl)nc3ccnn23)cc1. The molecule has 5 rings (SSSR count). The minimum absolute atomic E-state index is 0.117. The molecule has 1 aliphatic rings. The molecule has 0 unspecified atom stereocenters. The van der Waals surface area contributed by atoms with Gasteiger partial charge < -0.3 is 15.4 Å². The number of carbonyl (C=O) groups is 1. The minimum Gasteiger partial charge on any atom is -0.381 e. The first-order valence-corrected chi connectivity index (χ1v) is 10.9. The second-order valence-electron chi connectivity index (χ2n) is 7.63. The van der Waals surface area contributed by atoms with Crippen LogP contribution in [-0.4, -0.2) is 44.7 Å². The molecule has 3 heterocycles. The first-order chi connectivity index (χ1) is 16.1. The van der Waals surface area contributed by atoms with Crippen LogP contribution in [0.15, 0.2) is 54.7 Å². The van der Waals surface area contributed by atoms with Crippen molar-refractivity contribution in [3.63, 3.8) is 0 Å². The molecule has 1 amide bonds. The third-order valence-corrected chi connectivity index (χ3v) is 5.72. The first kappa shape index (κ1) is 21.3. The number of amides is 1. The molecule has 1 aliphatic heterocycles. The van der Waals surface area contributed by atoms with E-state index >= 15 is 0 Å². The molecule has 1 fully saturated rings. The number of ether oxygens (including phenoxy) is 1. The van der Waals surface area contributed by atoms with Crippen molar-refractivity contribution < 1.29 is 13.9 Å². The monoisotopic (exact) mass is 466 g/mol. The van der Waals surface area contributed by atoms with E-state index in [2.05, 4.69) is 25.7 Å². The van der Waals surface area contributed by atoms with E-state index in [9.17, 15) is 9.18 Å². The molecule has 0 saturated carbocycles. The van der Waals surface area contributed by atoms with Gasteiger partial charge in [0, 0.05) is 36.6 Å². The topological polar surface area (TPSA) is 93.4 Å². The zero-order chi connectivity index (χ0) is 22.8. The van der Waals surface area contributed by atoms with E-state index in [0.29, 0.717) is 36.1 Å². The molecular weight excluding hydrogens is 447 g/mol. The lowest BCUT2D eigenvalue weighted by molar-refractivity contribution is 0.0696. The molecule has 168 valence electrons. The lowest BCUT2D eigenvalue weighted by atomic mass is 10.1. The molecule has 2 N–H and O–H groups in total. The third-order valence-electron chi connectivity index (χ3n) is 5.40. The fourth-order valence-electron chi connectivity index (χ4n) is 3.67. The van der Waals surface area contributed by atoms with Crippen LogP contribution in [0.1, 0.15) is 23.2 Å². The molecule has 0 bridgehead atoms. The lowest BCUT2D eigenvalue weighted by Gasteiger charge is -2.23. The zero-order valence-electron chi connectivity index (χ0n) is 17.5. The summed E-state index contributed by atoms with van der Waals surface area (Å²) in [5, 5.41) is 10.7. The summed E-state index contributed by atoms with van der Waals surface area (Å²) in [6.07, 6.45) is 3.20. The van der Waals surface area contributed by atoms with Gasteiger partial charge in [-0.15, -0.1) is 0 Å². The second-order valence-corrected chi connectivity index (χ2v) is 8.04. The van der Waals surface area contributed by atoms with Gasteiger partial charge in [0.05, 0.1) is 16.8 Å². The van der Waals surface area contributed by atoms with Crippen molar-refractivity contribution in [1.82, 2.24) is 24.9 Å². The van der Waals surface area contributed by atoms with Crippen molar-refractivity contribution in [2.24, 2.45) is 0 Å². The van der Waals surface area contributed by atoms with E-state index in [1.54, 1.807) is 42.6 Å². The molecular formula is C23H20ClFN6O2. The number of carbonyl (C=O) groups excluding carboxylic acids is 1. The maximum absolute atomic E-state index is 14.5. The number of aromatic nitrogens is 4. The fourth-order valence-corrected chi connectivity index (χ4v) is 3.92. The summed E-state index contributed by atoms with van der Waals surface area (Å²) < 4.78 is 21.3. The Balaban J connectivity index is 1.40. The Labute approximate surface area is 193 Å². The summed E-state index contributed by atoms with van der Waals surface area (Å²) in [5.41, 5.74) is 1.83. The summed E-state index contributed by atoms with van der Waals surface area (Å²) in [7, 11) is 0. The molecule has 2 aromatic heterocycles. The second kappa shape index (κ2) is 9.13. The van der Waals surface area contributed by atoms with Crippen molar-refractivity contribution in [3.05, 3.63) is 71.1 Å². The van der Waals surface area contributed by atoms with Crippen molar-refractivity contribution in [3.8, 4) is 11.4 Å². The Bertz CT molecular complexity index is 1280. The molecule has 33 heavy (non-hydrogen) atoms. The molecule has 0 radical (unpaired) electrons. The van der Waals surface area contributed by atoms with E-state index in [4.69, 9.17) is 16.3 Å². The highest BCUT2D eigenvalue weighted by molar-refractivity contribution is 6.33. The van der Waals surface area contributed by atoms with Crippen molar-refractivity contribution in [2.75, 3.05) is 18.5 Å². The highest BCUT2D eigenvalue weighted by atomic mass is 35.5. The number of hydrogen-bond donors (Lipinski definition) is 2. The highest BCUT2D eigenvalue weighted by Crippen LogP contribution is 2.29. The molecule has 0 atom stereocenters. The summed E-state index contributed by atoms with van der Waals surface area (Å²) in [5.74, 6) is -0.168. The number of benzene rings is 2. The molecule has 10 heteroatoms. The quantitative estimate of drug-likeness (QED) is 0.457. The minimum atomic E-state index is -0.516. The predicted molar refractivity (Wildman–Crippen MR) is 122 cm³/mol. The molecule has 2 aromatic carbocycles. The van der Waals surface area contributed by atoms with Crippen LogP contribution in [0.2, 0.25) is 5.02 Å². The van der Waals surface area contributed by atoms with Gasteiger partial charge in [0.2, 0.25) is 5.95 Å². The van der Waals surface area contributed by atoms with Crippen molar-refractivity contribution in [1.29, 1.82) is 0 Å². The summed E-state index contributed by atoms with van der Waals surface area (Å²) in [6, 6.07) is 13.2. The number of nitrogens with one attached hydrogen (secondary N) is 2. The van der Waals surface area contributed by atoms with E-state index in [1.807, 2.05) is 0 Å². The first-order valence-electron chi connectivity index (χ1n) is 10.5. The maximum atomic E-state index is 14.5. The van der Waals surface area contributed by atoms with Crippen LogP contribution in [-0.2, 0) is 4.74 Å². The highest BCUT2D eigenvalue weighted by Gasteiger charge is 2.18. The van der Waals surface area contributed by atoms with E-state index < -0.39 is 5.82 Å². The Hall–Kier alpha value is -3.56. The standard InChI is InChI=1S/C23H20ClFN6O2/c24-17-2-1-3-18(25)20(17)21-29-19-8-11-26-31(19)23(30-21)28-15-6-4-14(5-7-15)22(32)27-16-9-12-33-13-10-16/h1-8,11,16H,9-10,12-13H2,(H,27,32)(H,28,29,30).